The minimum absolute atomic E-state index is 0.164. The zero-order valence-corrected chi connectivity index (χ0v) is 20.4. The standard InChI is InChI=1S/C25H22BrN5OS/c1-2-18-8-10-19(11-9-18)16-27-28-23(32)17-33-25-30-29-24(20-12-14-21(26)15-13-20)31(25)22-6-4-3-5-7-22/h3-16H,2,17H2,1H3,(H,28,32). The lowest BCUT2D eigenvalue weighted by Gasteiger charge is -2.10. The van der Waals surface area contributed by atoms with Crippen molar-refractivity contribution in [1.29, 1.82) is 0 Å². The van der Waals surface area contributed by atoms with Crippen LogP contribution in [-0.2, 0) is 11.2 Å². The summed E-state index contributed by atoms with van der Waals surface area (Å²) in [5.41, 5.74) is 6.64. The number of amides is 1. The lowest BCUT2D eigenvalue weighted by atomic mass is 10.1. The van der Waals surface area contributed by atoms with Crippen LogP contribution in [0, 0.1) is 0 Å². The SMILES string of the molecule is CCc1ccc(C=NNC(=O)CSc2nnc(-c3ccc(Br)cc3)n2-c2ccccc2)cc1. The van der Waals surface area contributed by atoms with Crippen molar-refractivity contribution in [3.05, 3.63) is 94.5 Å². The number of thioether (sulfide) groups is 1. The number of para-hydroxylation sites is 1. The minimum Gasteiger partial charge on any atom is -0.272 e. The van der Waals surface area contributed by atoms with Crippen LogP contribution in [-0.4, -0.2) is 32.6 Å². The largest absolute Gasteiger partial charge is 0.272 e. The molecule has 0 saturated heterocycles. The van der Waals surface area contributed by atoms with Crippen LogP contribution in [0.1, 0.15) is 18.1 Å². The van der Waals surface area contributed by atoms with Gasteiger partial charge in [0.2, 0.25) is 0 Å². The molecule has 1 aromatic heterocycles. The van der Waals surface area contributed by atoms with E-state index in [4.69, 9.17) is 0 Å². The predicted molar refractivity (Wildman–Crippen MR) is 137 cm³/mol. The second-order valence-electron chi connectivity index (χ2n) is 7.16. The van der Waals surface area contributed by atoms with E-state index in [9.17, 15) is 4.79 Å². The molecular formula is C25H22BrN5OS. The Morgan fingerprint density at radius 3 is 2.45 bits per heavy atom. The van der Waals surface area contributed by atoms with Crippen LogP contribution in [0.2, 0.25) is 0 Å². The fraction of sp³-hybridized carbons (Fsp3) is 0.120. The number of halogens is 1. The van der Waals surface area contributed by atoms with E-state index in [0.29, 0.717) is 11.0 Å². The lowest BCUT2D eigenvalue weighted by Crippen LogP contribution is -2.20. The summed E-state index contributed by atoms with van der Waals surface area (Å²) < 4.78 is 2.95. The first-order valence-corrected chi connectivity index (χ1v) is 12.2. The number of nitrogens with zero attached hydrogens (tertiary/aromatic N) is 4. The zero-order chi connectivity index (χ0) is 23.0. The molecule has 3 aromatic carbocycles. The van der Waals surface area contributed by atoms with Gasteiger partial charge in [0.1, 0.15) is 0 Å². The van der Waals surface area contributed by atoms with Crippen LogP contribution in [0.5, 0.6) is 0 Å². The number of hydrogen-bond acceptors (Lipinski definition) is 5. The Bertz CT molecular complexity index is 1240. The number of carbonyl (C=O) groups excluding carboxylic acids is 1. The quantitative estimate of drug-likeness (QED) is 0.189. The third-order valence-corrected chi connectivity index (χ3v) is 6.33. The molecule has 0 aliphatic carbocycles. The fourth-order valence-corrected chi connectivity index (χ4v) is 4.15. The van der Waals surface area contributed by atoms with Gasteiger partial charge in [0.15, 0.2) is 11.0 Å². The summed E-state index contributed by atoms with van der Waals surface area (Å²) >= 11 is 4.78. The maximum absolute atomic E-state index is 12.4. The summed E-state index contributed by atoms with van der Waals surface area (Å²) in [4.78, 5) is 12.4. The predicted octanol–water partition coefficient (Wildman–Crippen LogP) is 5.50. The monoisotopic (exact) mass is 519 g/mol. The van der Waals surface area contributed by atoms with Gasteiger partial charge in [-0.25, -0.2) is 5.43 Å². The lowest BCUT2D eigenvalue weighted by molar-refractivity contribution is -0.118. The molecule has 0 saturated carbocycles. The van der Waals surface area contributed by atoms with Crippen molar-refractivity contribution in [2.75, 3.05) is 5.75 Å². The third kappa shape index (κ3) is 5.97. The summed E-state index contributed by atoms with van der Waals surface area (Å²) in [5.74, 6) is 0.664. The summed E-state index contributed by atoms with van der Waals surface area (Å²) in [6.45, 7) is 2.11. The van der Waals surface area contributed by atoms with E-state index in [1.165, 1.54) is 17.3 Å². The molecule has 1 N–H and O–H groups in total. The zero-order valence-electron chi connectivity index (χ0n) is 18.0. The van der Waals surface area contributed by atoms with Crippen LogP contribution >= 0.6 is 27.7 Å². The number of aryl methyl sites for hydroxylation is 1. The molecular weight excluding hydrogens is 498 g/mol. The normalized spacial score (nSPS) is 11.1. The Morgan fingerprint density at radius 1 is 1.03 bits per heavy atom. The first-order valence-electron chi connectivity index (χ1n) is 10.4. The molecule has 0 aliphatic heterocycles. The second kappa shape index (κ2) is 11.1. The van der Waals surface area contributed by atoms with E-state index in [-0.39, 0.29) is 11.7 Å². The Hall–Kier alpha value is -3.23. The fourth-order valence-electron chi connectivity index (χ4n) is 3.14. The van der Waals surface area contributed by atoms with Gasteiger partial charge in [0, 0.05) is 15.7 Å². The Balaban J connectivity index is 1.46. The van der Waals surface area contributed by atoms with Gasteiger partial charge in [-0.2, -0.15) is 5.10 Å². The van der Waals surface area contributed by atoms with E-state index in [0.717, 1.165) is 27.7 Å². The van der Waals surface area contributed by atoms with E-state index >= 15 is 0 Å². The van der Waals surface area contributed by atoms with Crippen LogP contribution in [0.4, 0.5) is 0 Å². The van der Waals surface area contributed by atoms with Crippen LogP contribution in [0.25, 0.3) is 17.1 Å². The van der Waals surface area contributed by atoms with Gasteiger partial charge in [-0.3, -0.25) is 9.36 Å². The van der Waals surface area contributed by atoms with Crippen molar-refractivity contribution in [3.8, 4) is 17.1 Å². The average Bonchev–Trinajstić information content (AvgIpc) is 3.28. The number of carbonyl (C=O) groups is 1. The summed E-state index contributed by atoms with van der Waals surface area (Å²) in [7, 11) is 0. The van der Waals surface area contributed by atoms with E-state index < -0.39 is 0 Å². The Kier molecular flexibility index (Phi) is 7.70. The van der Waals surface area contributed by atoms with Crippen molar-refractivity contribution in [2.24, 2.45) is 5.10 Å². The highest BCUT2D eigenvalue weighted by molar-refractivity contribution is 9.10. The molecule has 1 amide bonds. The van der Waals surface area contributed by atoms with Crippen molar-refractivity contribution >= 4 is 39.8 Å². The maximum atomic E-state index is 12.4. The topological polar surface area (TPSA) is 72.2 Å². The highest BCUT2D eigenvalue weighted by Crippen LogP contribution is 2.28. The van der Waals surface area contributed by atoms with Crippen LogP contribution in [0.3, 0.4) is 0 Å². The van der Waals surface area contributed by atoms with Gasteiger partial charge in [0.25, 0.3) is 5.91 Å². The number of rotatable bonds is 8. The van der Waals surface area contributed by atoms with Crippen LogP contribution < -0.4 is 5.43 Å². The molecule has 0 aliphatic rings. The van der Waals surface area contributed by atoms with E-state index in [2.05, 4.69) is 55.7 Å². The highest BCUT2D eigenvalue weighted by Gasteiger charge is 2.17. The Labute approximate surface area is 205 Å². The number of hydrogen-bond donors (Lipinski definition) is 1. The summed E-state index contributed by atoms with van der Waals surface area (Å²) in [5, 5.41) is 13.5. The average molecular weight is 520 g/mol. The van der Waals surface area contributed by atoms with Gasteiger partial charge < -0.3 is 0 Å². The molecule has 4 rings (SSSR count). The van der Waals surface area contributed by atoms with Crippen molar-refractivity contribution in [1.82, 2.24) is 20.2 Å². The molecule has 0 bridgehead atoms. The van der Waals surface area contributed by atoms with Crippen molar-refractivity contribution in [2.45, 2.75) is 18.5 Å². The molecule has 0 radical (unpaired) electrons. The highest BCUT2D eigenvalue weighted by atomic mass is 79.9. The summed E-state index contributed by atoms with van der Waals surface area (Å²) in [6.07, 6.45) is 2.63. The first kappa shape index (κ1) is 22.9. The molecule has 1 heterocycles. The molecule has 0 fully saturated rings. The van der Waals surface area contributed by atoms with Crippen molar-refractivity contribution < 1.29 is 4.79 Å². The van der Waals surface area contributed by atoms with Gasteiger partial charge in [-0.1, -0.05) is 89.2 Å². The molecule has 166 valence electrons. The van der Waals surface area contributed by atoms with Gasteiger partial charge in [-0.15, -0.1) is 10.2 Å². The maximum Gasteiger partial charge on any atom is 0.250 e. The molecule has 8 heteroatoms. The summed E-state index contributed by atoms with van der Waals surface area (Å²) in [6, 6.07) is 25.8. The van der Waals surface area contributed by atoms with Crippen molar-refractivity contribution in [3.63, 3.8) is 0 Å². The van der Waals surface area contributed by atoms with E-state index in [1.54, 1.807) is 6.21 Å². The number of benzene rings is 3. The smallest absolute Gasteiger partial charge is 0.250 e. The minimum atomic E-state index is -0.214. The first-order chi connectivity index (χ1) is 16.1. The number of hydrazone groups is 1. The van der Waals surface area contributed by atoms with Gasteiger partial charge >= 0.3 is 0 Å². The molecule has 6 nitrogen and oxygen atoms in total. The molecule has 0 atom stereocenters. The molecule has 33 heavy (non-hydrogen) atoms. The number of aromatic nitrogens is 3. The van der Waals surface area contributed by atoms with Crippen LogP contribution in [0.15, 0.2) is 93.6 Å². The van der Waals surface area contributed by atoms with E-state index in [1.807, 2.05) is 71.3 Å². The second-order valence-corrected chi connectivity index (χ2v) is 9.02. The number of nitrogens with one attached hydrogen (secondary N) is 1. The van der Waals surface area contributed by atoms with Gasteiger partial charge in [0.05, 0.1) is 12.0 Å². The molecule has 4 aromatic rings. The molecule has 0 spiro atoms. The van der Waals surface area contributed by atoms with Gasteiger partial charge in [-0.05, 0) is 41.8 Å². The Morgan fingerprint density at radius 2 is 1.76 bits per heavy atom. The third-order valence-electron chi connectivity index (χ3n) is 4.87. The molecule has 0 unspecified atom stereocenters.